The Morgan fingerprint density at radius 2 is 2.00 bits per heavy atom. The maximum Gasteiger partial charge on any atom is 0.320 e. The quantitative estimate of drug-likeness (QED) is 0.728. The molecule has 18 heavy (non-hydrogen) atoms. The molecule has 0 atom stereocenters. The van der Waals surface area contributed by atoms with E-state index in [1.165, 1.54) is 32.1 Å². The van der Waals surface area contributed by atoms with Crippen molar-refractivity contribution in [3.63, 3.8) is 0 Å². The Balaban J connectivity index is 1.81. The maximum atomic E-state index is 11.7. The second-order valence-corrected chi connectivity index (χ2v) is 5.51. The van der Waals surface area contributed by atoms with E-state index in [0.29, 0.717) is 19.2 Å². The Hall–Kier alpha value is -0.610. The van der Waals surface area contributed by atoms with Gasteiger partial charge >= 0.3 is 5.97 Å². The number of piperidine rings is 1. The Morgan fingerprint density at radius 1 is 1.28 bits per heavy atom. The van der Waals surface area contributed by atoms with E-state index in [1.54, 1.807) is 0 Å². The molecule has 4 nitrogen and oxygen atoms in total. The van der Waals surface area contributed by atoms with E-state index < -0.39 is 0 Å². The van der Waals surface area contributed by atoms with E-state index >= 15 is 0 Å². The molecule has 1 saturated heterocycles. The third-order valence-corrected chi connectivity index (χ3v) is 4.18. The van der Waals surface area contributed by atoms with Crippen molar-refractivity contribution in [2.45, 2.75) is 45.1 Å². The SMILES string of the molecule is CCOC(=O)CN(CC1CCNCC1)C1CCC1. The Bertz CT molecular complexity index is 261. The fraction of sp³-hybridized carbons (Fsp3) is 0.929. The average molecular weight is 254 g/mol. The normalized spacial score (nSPS) is 21.9. The minimum absolute atomic E-state index is 0.0571. The van der Waals surface area contributed by atoms with Crippen molar-refractivity contribution in [2.75, 3.05) is 32.8 Å². The molecule has 2 fully saturated rings. The molecule has 0 amide bonds. The lowest BCUT2D eigenvalue weighted by atomic mass is 9.89. The molecule has 1 aliphatic heterocycles. The highest BCUT2D eigenvalue weighted by Gasteiger charge is 2.29. The molecule has 0 unspecified atom stereocenters. The van der Waals surface area contributed by atoms with Crippen molar-refractivity contribution in [1.29, 1.82) is 0 Å². The molecule has 104 valence electrons. The Morgan fingerprint density at radius 3 is 2.56 bits per heavy atom. The summed E-state index contributed by atoms with van der Waals surface area (Å²) < 4.78 is 5.09. The molecule has 1 heterocycles. The minimum Gasteiger partial charge on any atom is -0.465 e. The number of carbonyl (C=O) groups is 1. The average Bonchev–Trinajstić information content (AvgIpc) is 2.28. The molecule has 0 aromatic heterocycles. The van der Waals surface area contributed by atoms with Gasteiger partial charge in [-0.15, -0.1) is 0 Å². The predicted octanol–water partition coefficient (Wildman–Crippen LogP) is 1.40. The summed E-state index contributed by atoms with van der Waals surface area (Å²) in [6, 6.07) is 0.629. The number of esters is 1. The van der Waals surface area contributed by atoms with Gasteiger partial charge in [0.15, 0.2) is 0 Å². The van der Waals surface area contributed by atoms with Crippen LogP contribution in [-0.4, -0.2) is 49.7 Å². The van der Waals surface area contributed by atoms with E-state index in [9.17, 15) is 4.79 Å². The van der Waals surface area contributed by atoms with Crippen molar-refractivity contribution in [3.8, 4) is 0 Å². The van der Waals surface area contributed by atoms with E-state index in [0.717, 1.165) is 25.6 Å². The first-order valence-electron chi connectivity index (χ1n) is 7.40. The third-order valence-electron chi connectivity index (χ3n) is 4.18. The first kappa shape index (κ1) is 13.8. The first-order chi connectivity index (χ1) is 8.79. The molecule has 2 aliphatic rings. The van der Waals surface area contributed by atoms with Crippen LogP contribution in [0, 0.1) is 5.92 Å². The summed E-state index contributed by atoms with van der Waals surface area (Å²) in [5.74, 6) is 0.694. The predicted molar refractivity (Wildman–Crippen MR) is 71.4 cm³/mol. The summed E-state index contributed by atoms with van der Waals surface area (Å²) in [7, 11) is 0. The van der Waals surface area contributed by atoms with Crippen LogP contribution in [0.4, 0.5) is 0 Å². The van der Waals surface area contributed by atoms with E-state index in [-0.39, 0.29) is 5.97 Å². The molecule has 2 rings (SSSR count). The highest BCUT2D eigenvalue weighted by atomic mass is 16.5. The van der Waals surface area contributed by atoms with E-state index in [4.69, 9.17) is 4.74 Å². The lowest BCUT2D eigenvalue weighted by Crippen LogP contribution is -2.47. The van der Waals surface area contributed by atoms with Gasteiger partial charge in [-0.25, -0.2) is 0 Å². The second kappa shape index (κ2) is 7.10. The number of ether oxygens (including phenoxy) is 1. The molecule has 0 radical (unpaired) electrons. The van der Waals surface area contributed by atoms with Crippen LogP contribution in [0.25, 0.3) is 0 Å². The van der Waals surface area contributed by atoms with Crippen LogP contribution < -0.4 is 5.32 Å². The largest absolute Gasteiger partial charge is 0.465 e. The molecule has 0 spiro atoms. The van der Waals surface area contributed by atoms with Crippen molar-refractivity contribution >= 4 is 5.97 Å². The lowest BCUT2D eigenvalue weighted by molar-refractivity contribution is -0.145. The number of hydrogen-bond acceptors (Lipinski definition) is 4. The monoisotopic (exact) mass is 254 g/mol. The van der Waals surface area contributed by atoms with Crippen LogP contribution in [0.3, 0.4) is 0 Å². The van der Waals surface area contributed by atoms with Crippen LogP contribution in [0.1, 0.15) is 39.0 Å². The number of rotatable bonds is 6. The van der Waals surface area contributed by atoms with Crippen LogP contribution in [0.5, 0.6) is 0 Å². The van der Waals surface area contributed by atoms with Gasteiger partial charge in [-0.3, -0.25) is 9.69 Å². The molecular formula is C14H26N2O2. The van der Waals surface area contributed by atoms with Crippen molar-refractivity contribution in [3.05, 3.63) is 0 Å². The molecule has 0 aromatic rings. The standard InChI is InChI=1S/C14H26N2O2/c1-2-18-14(17)11-16(13-4-3-5-13)10-12-6-8-15-9-7-12/h12-13,15H,2-11H2,1H3. The fourth-order valence-electron chi connectivity index (χ4n) is 2.86. The zero-order valence-corrected chi connectivity index (χ0v) is 11.5. The minimum atomic E-state index is -0.0571. The van der Waals surface area contributed by atoms with Gasteiger partial charge in [0.1, 0.15) is 0 Å². The van der Waals surface area contributed by atoms with E-state index in [1.807, 2.05) is 6.92 Å². The zero-order valence-electron chi connectivity index (χ0n) is 11.5. The third kappa shape index (κ3) is 3.95. The number of nitrogens with zero attached hydrogens (tertiary/aromatic N) is 1. The molecule has 1 aliphatic carbocycles. The summed E-state index contributed by atoms with van der Waals surface area (Å²) >= 11 is 0. The first-order valence-corrected chi connectivity index (χ1v) is 7.40. The second-order valence-electron chi connectivity index (χ2n) is 5.51. The topological polar surface area (TPSA) is 41.6 Å². The van der Waals surface area contributed by atoms with Gasteiger partial charge in [-0.2, -0.15) is 0 Å². The lowest BCUT2D eigenvalue weighted by Gasteiger charge is -2.39. The van der Waals surface area contributed by atoms with Gasteiger partial charge in [-0.1, -0.05) is 6.42 Å². The van der Waals surface area contributed by atoms with Gasteiger partial charge in [0.25, 0.3) is 0 Å². The van der Waals surface area contributed by atoms with Gasteiger partial charge in [0.05, 0.1) is 13.2 Å². The summed E-state index contributed by atoms with van der Waals surface area (Å²) in [6.45, 7) is 6.18. The highest BCUT2D eigenvalue weighted by molar-refractivity contribution is 5.71. The van der Waals surface area contributed by atoms with Crippen molar-refractivity contribution in [1.82, 2.24) is 10.2 Å². The van der Waals surface area contributed by atoms with Crippen LogP contribution >= 0.6 is 0 Å². The smallest absolute Gasteiger partial charge is 0.320 e. The summed E-state index contributed by atoms with van der Waals surface area (Å²) in [6.07, 6.45) is 6.31. The number of nitrogens with one attached hydrogen (secondary N) is 1. The highest BCUT2D eigenvalue weighted by Crippen LogP contribution is 2.26. The van der Waals surface area contributed by atoms with Crippen LogP contribution in [-0.2, 0) is 9.53 Å². The van der Waals surface area contributed by atoms with Gasteiger partial charge in [-0.05, 0) is 51.6 Å². The van der Waals surface area contributed by atoms with Crippen LogP contribution in [0.15, 0.2) is 0 Å². The van der Waals surface area contributed by atoms with E-state index in [2.05, 4.69) is 10.2 Å². The zero-order chi connectivity index (χ0) is 12.8. The molecule has 0 bridgehead atoms. The fourth-order valence-corrected chi connectivity index (χ4v) is 2.86. The molecule has 4 heteroatoms. The molecular weight excluding hydrogens is 228 g/mol. The molecule has 1 saturated carbocycles. The summed E-state index contributed by atoms with van der Waals surface area (Å²) in [5, 5.41) is 3.40. The maximum absolute atomic E-state index is 11.7. The molecule has 1 N–H and O–H groups in total. The molecule has 0 aromatic carbocycles. The summed E-state index contributed by atoms with van der Waals surface area (Å²) in [5.41, 5.74) is 0. The van der Waals surface area contributed by atoms with Crippen molar-refractivity contribution < 1.29 is 9.53 Å². The van der Waals surface area contributed by atoms with Crippen LogP contribution in [0.2, 0.25) is 0 Å². The van der Waals surface area contributed by atoms with Gasteiger partial charge < -0.3 is 10.1 Å². The number of hydrogen-bond donors (Lipinski definition) is 1. The van der Waals surface area contributed by atoms with Crippen molar-refractivity contribution in [2.24, 2.45) is 5.92 Å². The Kier molecular flexibility index (Phi) is 5.45. The Labute approximate surface area is 110 Å². The summed E-state index contributed by atoms with van der Waals surface area (Å²) in [4.78, 5) is 14.0. The van der Waals surface area contributed by atoms with Gasteiger partial charge in [0.2, 0.25) is 0 Å². The number of carbonyl (C=O) groups excluding carboxylic acids is 1. The van der Waals surface area contributed by atoms with Gasteiger partial charge in [0, 0.05) is 12.6 Å².